The molecule has 4 heteroatoms. The van der Waals surface area contributed by atoms with Gasteiger partial charge in [0.1, 0.15) is 11.4 Å². The van der Waals surface area contributed by atoms with Crippen LogP contribution >= 0.6 is 0 Å². The average Bonchev–Trinajstić information content (AvgIpc) is 2.36. The molecule has 19 heavy (non-hydrogen) atoms. The van der Waals surface area contributed by atoms with E-state index in [1.165, 1.54) is 20.8 Å². The highest BCUT2D eigenvalue weighted by Gasteiger charge is 2.46. The van der Waals surface area contributed by atoms with Crippen LogP contribution in [0.3, 0.4) is 0 Å². The molecule has 0 heterocycles. The summed E-state index contributed by atoms with van der Waals surface area (Å²) in [6.07, 6.45) is 0.922. The normalized spacial score (nSPS) is 14.8. The molecular weight excluding hydrogens is 244 g/mol. The highest BCUT2D eigenvalue weighted by molar-refractivity contribution is 5.75. The fourth-order valence-electron chi connectivity index (χ4n) is 1.66. The van der Waals surface area contributed by atoms with Crippen LogP contribution in [0.25, 0.3) is 0 Å². The molecule has 1 rings (SSSR count). The van der Waals surface area contributed by atoms with Gasteiger partial charge in [-0.3, -0.25) is 4.79 Å². The zero-order chi connectivity index (χ0) is 14.7. The number of aliphatic carboxylic acids is 1. The first-order valence-electron chi connectivity index (χ1n) is 6.42. The van der Waals surface area contributed by atoms with Crippen molar-refractivity contribution in [1.29, 1.82) is 0 Å². The fraction of sp³-hybridized carbons (Fsp3) is 0.533. The summed E-state index contributed by atoms with van der Waals surface area (Å²) in [6.45, 7) is 7.20. The van der Waals surface area contributed by atoms with Gasteiger partial charge in [-0.05, 0) is 44.9 Å². The van der Waals surface area contributed by atoms with Crippen molar-refractivity contribution in [2.24, 2.45) is 5.41 Å². The number of carboxylic acids is 1. The number of hydrogen-bond acceptors (Lipinski definition) is 3. The molecule has 0 aliphatic heterocycles. The third-order valence-electron chi connectivity index (χ3n) is 3.64. The van der Waals surface area contributed by atoms with Crippen molar-refractivity contribution in [3.63, 3.8) is 0 Å². The molecular formula is C15H22O4. The molecule has 0 aliphatic carbocycles. The van der Waals surface area contributed by atoms with E-state index in [0.29, 0.717) is 12.2 Å². The standard InChI is InChI=1S/C15H22O4/c1-5-10-19-12-8-6-11(7-9-12)15(4,18)14(2,3)13(16)17/h6-9,18H,5,10H2,1-4H3,(H,16,17). The summed E-state index contributed by atoms with van der Waals surface area (Å²) in [4.78, 5) is 11.3. The van der Waals surface area contributed by atoms with E-state index in [4.69, 9.17) is 4.74 Å². The SMILES string of the molecule is CCCOc1ccc(C(C)(O)C(C)(C)C(=O)O)cc1. The van der Waals surface area contributed by atoms with E-state index in [1.54, 1.807) is 24.3 Å². The van der Waals surface area contributed by atoms with E-state index in [1.807, 2.05) is 6.92 Å². The van der Waals surface area contributed by atoms with Crippen LogP contribution in [0, 0.1) is 5.41 Å². The Hall–Kier alpha value is -1.55. The Morgan fingerprint density at radius 1 is 1.21 bits per heavy atom. The van der Waals surface area contributed by atoms with Crippen LogP contribution in [0.15, 0.2) is 24.3 Å². The minimum atomic E-state index is -1.46. The molecule has 1 unspecified atom stereocenters. The van der Waals surface area contributed by atoms with E-state index in [-0.39, 0.29) is 0 Å². The predicted molar refractivity (Wildman–Crippen MR) is 73.2 cm³/mol. The van der Waals surface area contributed by atoms with Crippen LogP contribution in [-0.4, -0.2) is 22.8 Å². The molecule has 4 nitrogen and oxygen atoms in total. The summed E-state index contributed by atoms with van der Waals surface area (Å²) in [6, 6.07) is 6.90. The zero-order valence-corrected chi connectivity index (χ0v) is 11.9. The summed E-state index contributed by atoms with van der Waals surface area (Å²) >= 11 is 0. The second-order valence-electron chi connectivity index (χ2n) is 5.38. The first kappa shape index (κ1) is 15.5. The summed E-state index contributed by atoms with van der Waals surface area (Å²) in [5.74, 6) is -0.321. The number of aliphatic hydroxyl groups is 1. The monoisotopic (exact) mass is 266 g/mol. The highest BCUT2D eigenvalue weighted by Crippen LogP contribution is 2.39. The summed E-state index contributed by atoms with van der Waals surface area (Å²) in [5.41, 5.74) is -2.18. The molecule has 1 atom stereocenters. The third kappa shape index (κ3) is 3.07. The van der Waals surface area contributed by atoms with Crippen LogP contribution in [0.1, 0.15) is 39.7 Å². The minimum Gasteiger partial charge on any atom is -0.494 e. The topological polar surface area (TPSA) is 66.8 Å². The molecule has 0 radical (unpaired) electrons. The summed E-state index contributed by atoms with van der Waals surface area (Å²) in [7, 11) is 0. The van der Waals surface area contributed by atoms with E-state index in [0.717, 1.165) is 12.2 Å². The Balaban J connectivity index is 2.99. The van der Waals surface area contributed by atoms with Gasteiger partial charge in [0.15, 0.2) is 0 Å². The number of carbonyl (C=O) groups is 1. The molecule has 1 aromatic carbocycles. The fourth-order valence-corrected chi connectivity index (χ4v) is 1.66. The zero-order valence-electron chi connectivity index (χ0n) is 11.9. The molecule has 0 aliphatic rings. The van der Waals surface area contributed by atoms with Gasteiger partial charge in [0.25, 0.3) is 0 Å². The second kappa shape index (κ2) is 5.61. The van der Waals surface area contributed by atoms with Crippen LogP contribution in [0.4, 0.5) is 0 Å². The molecule has 0 amide bonds. The van der Waals surface area contributed by atoms with Gasteiger partial charge in [-0.2, -0.15) is 0 Å². The van der Waals surface area contributed by atoms with Crippen LogP contribution < -0.4 is 4.74 Å². The Labute approximate surface area is 114 Å². The number of rotatable bonds is 6. The Bertz CT molecular complexity index is 432. The van der Waals surface area contributed by atoms with Gasteiger partial charge in [0.2, 0.25) is 0 Å². The number of benzene rings is 1. The van der Waals surface area contributed by atoms with Crippen LogP contribution in [-0.2, 0) is 10.4 Å². The van der Waals surface area contributed by atoms with Gasteiger partial charge >= 0.3 is 5.97 Å². The lowest BCUT2D eigenvalue weighted by Crippen LogP contribution is -2.44. The largest absolute Gasteiger partial charge is 0.494 e. The maximum Gasteiger partial charge on any atom is 0.312 e. The van der Waals surface area contributed by atoms with Crippen molar-refractivity contribution in [3.05, 3.63) is 29.8 Å². The lowest BCUT2D eigenvalue weighted by Gasteiger charge is -2.37. The third-order valence-corrected chi connectivity index (χ3v) is 3.64. The van der Waals surface area contributed by atoms with E-state index >= 15 is 0 Å². The van der Waals surface area contributed by atoms with E-state index in [2.05, 4.69) is 0 Å². The Kier molecular flexibility index (Phi) is 4.58. The number of hydrogen-bond donors (Lipinski definition) is 2. The van der Waals surface area contributed by atoms with Gasteiger partial charge < -0.3 is 14.9 Å². The summed E-state index contributed by atoms with van der Waals surface area (Å²) in [5, 5.41) is 19.8. The average molecular weight is 266 g/mol. The lowest BCUT2D eigenvalue weighted by atomic mass is 9.72. The van der Waals surface area contributed by atoms with Crippen molar-refractivity contribution in [1.82, 2.24) is 0 Å². The molecule has 0 fully saturated rings. The quantitative estimate of drug-likeness (QED) is 0.831. The number of ether oxygens (including phenoxy) is 1. The minimum absolute atomic E-state index is 0.559. The van der Waals surface area contributed by atoms with Crippen molar-refractivity contribution < 1.29 is 19.7 Å². The summed E-state index contributed by atoms with van der Waals surface area (Å²) < 4.78 is 5.46. The Morgan fingerprint density at radius 3 is 2.16 bits per heavy atom. The van der Waals surface area contributed by atoms with E-state index < -0.39 is 17.0 Å². The Morgan fingerprint density at radius 2 is 1.74 bits per heavy atom. The van der Waals surface area contributed by atoms with Gasteiger partial charge in [-0.1, -0.05) is 19.1 Å². The van der Waals surface area contributed by atoms with Crippen molar-refractivity contribution >= 4 is 5.97 Å². The molecule has 0 saturated carbocycles. The molecule has 0 saturated heterocycles. The van der Waals surface area contributed by atoms with Crippen LogP contribution in [0.5, 0.6) is 5.75 Å². The molecule has 2 N–H and O–H groups in total. The van der Waals surface area contributed by atoms with Crippen molar-refractivity contribution in [2.45, 2.75) is 39.7 Å². The van der Waals surface area contributed by atoms with Gasteiger partial charge in [0, 0.05) is 0 Å². The maximum absolute atomic E-state index is 11.3. The molecule has 1 aromatic rings. The predicted octanol–water partition coefficient (Wildman–Crippen LogP) is 2.79. The van der Waals surface area contributed by atoms with Crippen molar-refractivity contribution in [2.75, 3.05) is 6.61 Å². The first-order valence-corrected chi connectivity index (χ1v) is 6.42. The molecule has 0 bridgehead atoms. The van der Waals surface area contributed by atoms with Crippen LogP contribution in [0.2, 0.25) is 0 Å². The highest BCUT2D eigenvalue weighted by atomic mass is 16.5. The van der Waals surface area contributed by atoms with Gasteiger partial charge in [-0.25, -0.2) is 0 Å². The van der Waals surface area contributed by atoms with Gasteiger partial charge in [0.05, 0.1) is 12.0 Å². The second-order valence-corrected chi connectivity index (χ2v) is 5.38. The first-order chi connectivity index (χ1) is 8.73. The van der Waals surface area contributed by atoms with Gasteiger partial charge in [-0.15, -0.1) is 0 Å². The van der Waals surface area contributed by atoms with Crippen molar-refractivity contribution in [3.8, 4) is 5.75 Å². The molecule has 0 spiro atoms. The molecule has 0 aromatic heterocycles. The van der Waals surface area contributed by atoms with E-state index in [9.17, 15) is 15.0 Å². The maximum atomic E-state index is 11.3. The molecule has 106 valence electrons. The smallest absolute Gasteiger partial charge is 0.312 e. The lowest BCUT2D eigenvalue weighted by molar-refractivity contribution is -0.164. The number of carboxylic acid groups (broad SMARTS) is 1.